The largest absolute Gasteiger partial charge is 0.352 e. The van der Waals surface area contributed by atoms with Crippen molar-refractivity contribution >= 4 is 34.8 Å². The lowest BCUT2D eigenvalue weighted by Gasteiger charge is -2.37. The summed E-state index contributed by atoms with van der Waals surface area (Å²) in [5.41, 5.74) is 1.37. The first kappa shape index (κ1) is 43.5. The zero-order chi connectivity index (χ0) is 39.7. The predicted octanol–water partition coefficient (Wildman–Crippen LogP) is 5.47. The summed E-state index contributed by atoms with van der Waals surface area (Å²) in [7, 11) is -4.00. The fraction of sp³-hybridized carbons (Fsp3) is 0.459. The van der Waals surface area contributed by atoms with Crippen molar-refractivity contribution in [3.63, 3.8) is 0 Å². The zero-order valence-corrected chi connectivity index (χ0v) is 33.0. The topological polar surface area (TPSA) is 210 Å². The standard InChI is InChI=1S/C37H47N7O9P2/c1-26(2)44(27(3)4)54(49-20-8-17-38)53-31-23-35(52-32(31)25-51-55(48)50-21-9-18-39)43-19-16-33(42-37(43)47)41-36(46)30-14-12-29(13-15-30)24-40-34(45)22-28-10-6-5-7-11-28/h5-7,10-16,19,26-27,31-32,35,48H,8-9,20-25H2,1-4H3,(H,40,45)(H,41,42,46,47)/t31?,32-,35-,54?,55?/m1/s1. The number of amides is 2. The molecule has 1 aliphatic rings. The van der Waals surface area contributed by atoms with Crippen LogP contribution in [0.15, 0.2) is 71.7 Å². The Labute approximate surface area is 323 Å². The van der Waals surface area contributed by atoms with Gasteiger partial charge in [-0.05, 0) is 57.0 Å². The molecule has 1 aromatic heterocycles. The third-order valence-electron chi connectivity index (χ3n) is 8.13. The molecule has 0 spiro atoms. The monoisotopic (exact) mass is 795 g/mol. The number of ether oxygens (including phenoxy) is 1. The normalized spacial score (nSPS) is 17.8. The van der Waals surface area contributed by atoms with Crippen LogP contribution in [0.5, 0.6) is 0 Å². The molecular weight excluding hydrogens is 748 g/mol. The van der Waals surface area contributed by atoms with E-state index in [4.69, 9.17) is 33.4 Å². The Morgan fingerprint density at radius 2 is 1.65 bits per heavy atom. The second-order valence-electron chi connectivity index (χ2n) is 12.9. The Hall–Kier alpha value is -4.18. The van der Waals surface area contributed by atoms with Crippen molar-refractivity contribution in [2.24, 2.45) is 0 Å². The fourth-order valence-electron chi connectivity index (χ4n) is 5.59. The van der Waals surface area contributed by atoms with Crippen molar-refractivity contribution in [1.82, 2.24) is 19.5 Å². The number of hydrogen-bond acceptors (Lipinski definition) is 13. The van der Waals surface area contributed by atoms with E-state index in [1.807, 2.05) is 64.1 Å². The van der Waals surface area contributed by atoms with Crippen LogP contribution >= 0.6 is 17.1 Å². The van der Waals surface area contributed by atoms with Gasteiger partial charge in [-0.2, -0.15) is 15.5 Å². The number of carbonyl (C=O) groups excluding carboxylic acids is 2. The number of aromatic nitrogens is 2. The summed E-state index contributed by atoms with van der Waals surface area (Å²) in [5, 5.41) is 23.4. The van der Waals surface area contributed by atoms with Crippen LogP contribution in [0.4, 0.5) is 5.82 Å². The number of anilines is 1. The van der Waals surface area contributed by atoms with Crippen molar-refractivity contribution in [3.05, 3.63) is 94.0 Å². The van der Waals surface area contributed by atoms with E-state index in [-0.39, 0.29) is 69.3 Å². The van der Waals surface area contributed by atoms with Gasteiger partial charge in [-0.25, -0.2) is 9.46 Å². The third-order valence-corrected chi connectivity index (χ3v) is 11.1. The number of nitriles is 2. The Kier molecular flexibility index (Phi) is 17.7. The molecule has 0 aliphatic carbocycles. The molecule has 18 heteroatoms. The molecule has 4 rings (SSSR count). The molecular formula is C37H47N7O9P2. The molecule has 294 valence electrons. The zero-order valence-electron chi connectivity index (χ0n) is 31.2. The number of nitrogens with one attached hydrogen (secondary N) is 2. The summed E-state index contributed by atoms with van der Waals surface area (Å²) in [4.78, 5) is 53.0. The molecule has 0 saturated carbocycles. The first-order valence-electron chi connectivity index (χ1n) is 17.8. The molecule has 2 aromatic carbocycles. The lowest BCUT2D eigenvalue weighted by molar-refractivity contribution is -0.120. The summed E-state index contributed by atoms with van der Waals surface area (Å²) < 4.78 is 32.9. The van der Waals surface area contributed by atoms with Gasteiger partial charge in [0.2, 0.25) is 5.91 Å². The Balaban J connectivity index is 1.42. The molecule has 2 amide bonds. The highest BCUT2D eigenvalue weighted by atomic mass is 31.2. The van der Waals surface area contributed by atoms with Crippen LogP contribution in [0.25, 0.3) is 0 Å². The number of benzene rings is 2. The van der Waals surface area contributed by atoms with Crippen molar-refractivity contribution in [3.8, 4) is 12.1 Å². The van der Waals surface area contributed by atoms with Crippen LogP contribution in [-0.4, -0.2) is 75.0 Å². The van der Waals surface area contributed by atoms with E-state index in [0.717, 1.165) is 11.1 Å². The number of rotatable bonds is 21. The van der Waals surface area contributed by atoms with Crippen LogP contribution in [-0.2, 0) is 40.6 Å². The first-order valence-corrected chi connectivity index (χ1v) is 20.1. The summed E-state index contributed by atoms with van der Waals surface area (Å²) in [6, 6.07) is 21.7. The number of hydrogen-bond donors (Lipinski definition) is 3. The summed E-state index contributed by atoms with van der Waals surface area (Å²) in [6.45, 7) is 8.33. The minimum atomic E-state index is -2.31. The number of carbonyl (C=O) groups is 2. The molecule has 1 fully saturated rings. The summed E-state index contributed by atoms with van der Waals surface area (Å²) in [6.07, 6.45) is -0.143. The maximum Gasteiger partial charge on any atom is 0.351 e. The Morgan fingerprint density at radius 3 is 2.29 bits per heavy atom. The van der Waals surface area contributed by atoms with Crippen molar-refractivity contribution in [2.75, 3.05) is 25.1 Å². The van der Waals surface area contributed by atoms with Gasteiger partial charge in [-0.1, -0.05) is 42.5 Å². The van der Waals surface area contributed by atoms with Crippen LogP contribution in [0, 0.1) is 22.7 Å². The van der Waals surface area contributed by atoms with E-state index in [9.17, 15) is 19.3 Å². The Bertz CT molecular complexity index is 1810. The van der Waals surface area contributed by atoms with E-state index in [1.54, 1.807) is 24.3 Å². The maximum absolute atomic E-state index is 13.3. The third kappa shape index (κ3) is 13.8. The highest BCUT2D eigenvalue weighted by Crippen LogP contribution is 2.50. The predicted molar refractivity (Wildman–Crippen MR) is 205 cm³/mol. The van der Waals surface area contributed by atoms with E-state index >= 15 is 0 Å². The van der Waals surface area contributed by atoms with Gasteiger partial charge in [0.15, 0.2) is 0 Å². The van der Waals surface area contributed by atoms with Gasteiger partial charge in [0.1, 0.15) is 18.1 Å². The molecule has 5 atom stereocenters. The second-order valence-corrected chi connectivity index (χ2v) is 15.3. The average molecular weight is 796 g/mol. The highest BCUT2D eigenvalue weighted by Gasteiger charge is 2.42. The van der Waals surface area contributed by atoms with Crippen LogP contribution < -0.4 is 16.3 Å². The molecule has 16 nitrogen and oxygen atoms in total. The van der Waals surface area contributed by atoms with Crippen LogP contribution in [0.3, 0.4) is 0 Å². The minimum absolute atomic E-state index is 0.00692. The van der Waals surface area contributed by atoms with E-state index < -0.39 is 47.2 Å². The molecule has 3 aromatic rings. The Morgan fingerprint density at radius 1 is 0.982 bits per heavy atom. The molecule has 3 N–H and O–H groups in total. The van der Waals surface area contributed by atoms with Gasteiger partial charge in [0, 0.05) is 36.8 Å². The van der Waals surface area contributed by atoms with Crippen LogP contribution in [0.1, 0.15) is 74.7 Å². The quantitative estimate of drug-likeness (QED) is 0.0904. The van der Waals surface area contributed by atoms with Gasteiger partial charge in [-0.3, -0.25) is 14.2 Å². The molecule has 0 bridgehead atoms. The van der Waals surface area contributed by atoms with Gasteiger partial charge in [0.05, 0.1) is 57.3 Å². The first-order chi connectivity index (χ1) is 26.5. The fourth-order valence-corrected chi connectivity index (χ4v) is 7.95. The van der Waals surface area contributed by atoms with Gasteiger partial charge >= 0.3 is 14.3 Å². The van der Waals surface area contributed by atoms with Gasteiger partial charge < -0.3 is 38.4 Å². The highest BCUT2D eigenvalue weighted by molar-refractivity contribution is 7.44. The van der Waals surface area contributed by atoms with Crippen molar-refractivity contribution in [1.29, 1.82) is 10.5 Å². The van der Waals surface area contributed by atoms with Crippen molar-refractivity contribution < 1.29 is 37.3 Å². The van der Waals surface area contributed by atoms with Crippen LogP contribution in [0.2, 0.25) is 0 Å². The summed E-state index contributed by atoms with van der Waals surface area (Å²) in [5.74, 6) is -0.557. The molecule has 1 aliphatic heterocycles. The molecule has 55 heavy (non-hydrogen) atoms. The lowest BCUT2D eigenvalue weighted by Crippen LogP contribution is -2.36. The molecule has 2 heterocycles. The minimum Gasteiger partial charge on any atom is -0.352 e. The smallest absolute Gasteiger partial charge is 0.351 e. The average Bonchev–Trinajstić information content (AvgIpc) is 3.55. The van der Waals surface area contributed by atoms with Gasteiger partial charge in [-0.15, -0.1) is 0 Å². The maximum atomic E-state index is 13.3. The van der Waals surface area contributed by atoms with E-state index in [1.165, 1.54) is 16.8 Å². The lowest BCUT2D eigenvalue weighted by atomic mass is 10.1. The number of nitrogens with zero attached hydrogens (tertiary/aromatic N) is 5. The van der Waals surface area contributed by atoms with Crippen molar-refractivity contribution in [2.45, 2.75) is 90.4 Å². The van der Waals surface area contributed by atoms with E-state index in [0.29, 0.717) is 12.1 Å². The summed E-state index contributed by atoms with van der Waals surface area (Å²) >= 11 is 0. The molecule has 3 unspecified atom stereocenters. The second kappa shape index (κ2) is 22.4. The van der Waals surface area contributed by atoms with Gasteiger partial charge in [0.25, 0.3) is 14.4 Å². The molecule has 1 saturated heterocycles. The molecule has 0 radical (unpaired) electrons. The van der Waals surface area contributed by atoms with E-state index in [2.05, 4.69) is 26.4 Å². The SMILES string of the molecule is CC(C)N(C(C)C)P(OCCC#N)OC1C[C@H](n2ccc(NC(=O)c3ccc(CNC(=O)Cc4ccccc4)cc3)nc2=O)O[C@@H]1COP(O)OCCC#N.